The van der Waals surface area contributed by atoms with E-state index in [0.29, 0.717) is 16.6 Å². The van der Waals surface area contributed by atoms with E-state index in [1.54, 1.807) is 13.2 Å². The van der Waals surface area contributed by atoms with Crippen LogP contribution in [0.25, 0.3) is 0 Å². The van der Waals surface area contributed by atoms with E-state index in [0.717, 1.165) is 22.6 Å². The molecule has 0 aliphatic rings. The molecular formula is C15H14ClNO2S. The van der Waals surface area contributed by atoms with E-state index in [4.69, 9.17) is 39.0 Å². The van der Waals surface area contributed by atoms with Crippen LogP contribution in [0, 0.1) is 0 Å². The van der Waals surface area contributed by atoms with E-state index < -0.39 is 0 Å². The van der Waals surface area contributed by atoms with Crippen molar-refractivity contribution in [3.05, 3.63) is 58.6 Å². The van der Waals surface area contributed by atoms with Crippen molar-refractivity contribution in [2.75, 3.05) is 7.11 Å². The van der Waals surface area contributed by atoms with Crippen LogP contribution in [-0.2, 0) is 6.61 Å². The maximum Gasteiger partial charge on any atom is 0.123 e. The van der Waals surface area contributed by atoms with E-state index in [-0.39, 0.29) is 0 Å². The molecule has 0 saturated carbocycles. The number of methoxy groups -OCH3 is 1. The Morgan fingerprint density at radius 3 is 2.60 bits per heavy atom. The third-order valence-electron chi connectivity index (χ3n) is 2.77. The minimum absolute atomic E-state index is 0.326. The molecule has 0 atom stereocenters. The topological polar surface area (TPSA) is 44.5 Å². The van der Waals surface area contributed by atoms with Gasteiger partial charge in [-0.25, -0.2) is 0 Å². The van der Waals surface area contributed by atoms with Gasteiger partial charge in [0.25, 0.3) is 0 Å². The van der Waals surface area contributed by atoms with Gasteiger partial charge in [-0.05, 0) is 18.2 Å². The lowest BCUT2D eigenvalue weighted by Gasteiger charge is -2.10. The molecule has 104 valence electrons. The van der Waals surface area contributed by atoms with Crippen LogP contribution in [0.1, 0.15) is 11.1 Å². The normalized spacial score (nSPS) is 10.1. The fourth-order valence-corrected chi connectivity index (χ4v) is 2.03. The first-order valence-corrected chi connectivity index (χ1v) is 6.74. The molecule has 3 nitrogen and oxygen atoms in total. The summed E-state index contributed by atoms with van der Waals surface area (Å²) in [4.78, 5) is 0.326. The van der Waals surface area contributed by atoms with Gasteiger partial charge in [0.2, 0.25) is 0 Å². The summed E-state index contributed by atoms with van der Waals surface area (Å²) in [6.07, 6.45) is 0. The highest BCUT2D eigenvalue weighted by Gasteiger charge is 2.05. The second-order valence-corrected chi connectivity index (χ2v) is 4.99. The quantitative estimate of drug-likeness (QED) is 0.858. The first-order chi connectivity index (χ1) is 9.60. The minimum atomic E-state index is 0.326. The maximum atomic E-state index is 6.18. The van der Waals surface area contributed by atoms with Crippen LogP contribution in [0.5, 0.6) is 11.5 Å². The van der Waals surface area contributed by atoms with Gasteiger partial charge in [-0.15, -0.1) is 0 Å². The van der Waals surface area contributed by atoms with E-state index in [2.05, 4.69) is 0 Å². The number of ether oxygens (including phenoxy) is 2. The Bertz CT molecular complexity index is 631. The van der Waals surface area contributed by atoms with Crippen molar-refractivity contribution in [1.29, 1.82) is 0 Å². The Morgan fingerprint density at radius 1 is 1.20 bits per heavy atom. The third-order valence-corrected chi connectivity index (χ3v) is 3.36. The molecule has 20 heavy (non-hydrogen) atoms. The average molecular weight is 308 g/mol. The molecule has 2 aromatic carbocycles. The molecule has 0 heterocycles. The van der Waals surface area contributed by atoms with Gasteiger partial charge in [-0.1, -0.05) is 42.0 Å². The number of thiocarbonyl (C=S) groups is 1. The first kappa shape index (κ1) is 14.6. The zero-order valence-corrected chi connectivity index (χ0v) is 12.5. The fraction of sp³-hybridized carbons (Fsp3) is 0.133. The van der Waals surface area contributed by atoms with Crippen LogP contribution in [0.2, 0.25) is 5.02 Å². The van der Waals surface area contributed by atoms with Crippen LogP contribution in [0.15, 0.2) is 42.5 Å². The van der Waals surface area contributed by atoms with Crippen LogP contribution in [0.3, 0.4) is 0 Å². The van der Waals surface area contributed by atoms with Crippen molar-refractivity contribution in [2.24, 2.45) is 5.73 Å². The molecule has 0 aromatic heterocycles. The minimum Gasteiger partial charge on any atom is -0.497 e. The lowest BCUT2D eigenvalue weighted by atomic mass is 10.1. The first-order valence-electron chi connectivity index (χ1n) is 5.95. The Labute approximate surface area is 128 Å². The predicted octanol–water partition coefficient (Wildman–Crippen LogP) is 3.56. The monoisotopic (exact) mass is 307 g/mol. The van der Waals surface area contributed by atoms with Crippen molar-refractivity contribution in [3.63, 3.8) is 0 Å². The Kier molecular flexibility index (Phi) is 4.82. The van der Waals surface area contributed by atoms with Gasteiger partial charge in [-0.3, -0.25) is 0 Å². The van der Waals surface area contributed by atoms with Gasteiger partial charge in [0.05, 0.1) is 7.11 Å². The molecule has 2 aromatic rings. The number of hydrogen-bond donors (Lipinski definition) is 1. The SMILES string of the molecule is COc1cccc(OCc2ccc(C(N)=S)cc2Cl)c1. The second-order valence-electron chi connectivity index (χ2n) is 4.14. The Balaban J connectivity index is 2.08. The van der Waals surface area contributed by atoms with Gasteiger partial charge < -0.3 is 15.2 Å². The summed E-state index contributed by atoms with van der Waals surface area (Å²) >= 11 is 11.1. The molecule has 0 unspecified atom stereocenters. The predicted molar refractivity (Wildman–Crippen MR) is 84.7 cm³/mol. The lowest BCUT2D eigenvalue weighted by Crippen LogP contribution is -2.09. The highest BCUT2D eigenvalue weighted by molar-refractivity contribution is 7.80. The van der Waals surface area contributed by atoms with Crippen molar-refractivity contribution >= 4 is 28.8 Å². The molecule has 0 fully saturated rings. The van der Waals surface area contributed by atoms with Crippen LogP contribution < -0.4 is 15.2 Å². The molecule has 0 amide bonds. The average Bonchev–Trinajstić information content (AvgIpc) is 2.46. The Morgan fingerprint density at radius 2 is 1.95 bits per heavy atom. The van der Waals surface area contributed by atoms with Crippen LogP contribution in [-0.4, -0.2) is 12.1 Å². The van der Waals surface area contributed by atoms with E-state index in [1.807, 2.05) is 36.4 Å². The molecule has 0 spiro atoms. The molecule has 0 aliphatic heterocycles. The summed E-state index contributed by atoms with van der Waals surface area (Å²) in [5, 5.41) is 0.582. The molecule has 0 aliphatic carbocycles. The molecule has 0 saturated heterocycles. The fourth-order valence-electron chi connectivity index (χ4n) is 1.67. The molecule has 2 N–H and O–H groups in total. The highest BCUT2D eigenvalue weighted by Crippen LogP contribution is 2.23. The van der Waals surface area contributed by atoms with E-state index in [9.17, 15) is 0 Å². The van der Waals surface area contributed by atoms with Gasteiger partial charge in [0.1, 0.15) is 23.1 Å². The van der Waals surface area contributed by atoms with Crippen molar-refractivity contribution in [3.8, 4) is 11.5 Å². The van der Waals surface area contributed by atoms with E-state index in [1.165, 1.54) is 0 Å². The zero-order chi connectivity index (χ0) is 14.5. The number of rotatable bonds is 5. The van der Waals surface area contributed by atoms with Crippen molar-refractivity contribution in [1.82, 2.24) is 0 Å². The number of hydrogen-bond acceptors (Lipinski definition) is 3. The zero-order valence-electron chi connectivity index (χ0n) is 10.9. The Hall–Kier alpha value is -1.78. The summed E-state index contributed by atoms with van der Waals surface area (Å²) in [6.45, 7) is 0.365. The standard InChI is InChI=1S/C15H14ClNO2S/c1-18-12-3-2-4-13(8-12)19-9-11-6-5-10(15(17)20)7-14(11)16/h2-8H,9H2,1H3,(H2,17,20). The molecular weight excluding hydrogens is 294 g/mol. The number of benzene rings is 2. The maximum absolute atomic E-state index is 6.18. The highest BCUT2D eigenvalue weighted by atomic mass is 35.5. The van der Waals surface area contributed by atoms with Crippen LogP contribution >= 0.6 is 23.8 Å². The largest absolute Gasteiger partial charge is 0.497 e. The van der Waals surface area contributed by atoms with Crippen LogP contribution in [0.4, 0.5) is 0 Å². The summed E-state index contributed by atoms with van der Waals surface area (Å²) in [5.74, 6) is 1.47. The second kappa shape index (κ2) is 6.59. The summed E-state index contributed by atoms with van der Waals surface area (Å²) < 4.78 is 10.8. The molecule has 5 heteroatoms. The van der Waals surface area contributed by atoms with Gasteiger partial charge >= 0.3 is 0 Å². The van der Waals surface area contributed by atoms with Crippen molar-refractivity contribution in [2.45, 2.75) is 6.61 Å². The number of halogens is 1. The summed E-state index contributed by atoms with van der Waals surface area (Å²) in [7, 11) is 1.62. The van der Waals surface area contributed by atoms with Gasteiger partial charge in [0.15, 0.2) is 0 Å². The third kappa shape index (κ3) is 3.62. The number of nitrogens with two attached hydrogens (primary N) is 1. The summed E-state index contributed by atoms with van der Waals surface area (Å²) in [6, 6.07) is 12.8. The molecule has 2 rings (SSSR count). The van der Waals surface area contributed by atoms with Gasteiger partial charge in [-0.2, -0.15) is 0 Å². The summed E-state index contributed by atoms with van der Waals surface area (Å²) in [5.41, 5.74) is 7.17. The van der Waals surface area contributed by atoms with Gasteiger partial charge in [0, 0.05) is 22.2 Å². The van der Waals surface area contributed by atoms with Crippen molar-refractivity contribution < 1.29 is 9.47 Å². The van der Waals surface area contributed by atoms with E-state index >= 15 is 0 Å². The molecule has 0 bridgehead atoms. The smallest absolute Gasteiger partial charge is 0.123 e. The molecule has 0 radical (unpaired) electrons. The lowest BCUT2D eigenvalue weighted by molar-refractivity contribution is 0.304.